The van der Waals surface area contributed by atoms with Gasteiger partial charge in [0.05, 0.1) is 0 Å². The minimum Gasteiger partial charge on any atom is -0.386 e. The second-order valence-corrected chi connectivity index (χ2v) is 9.03. The maximum atomic E-state index is 11.9. The zero-order valence-electron chi connectivity index (χ0n) is 10.1. The molecule has 0 aliphatic heterocycles. The van der Waals surface area contributed by atoms with Gasteiger partial charge in [-0.05, 0) is 19.4 Å². The lowest BCUT2D eigenvalue weighted by molar-refractivity contribution is 0.167. The van der Waals surface area contributed by atoms with E-state index in [1.165, 1.54) is 6.92 Å². The first-order valence-electron chi connectivity index (χ1n) is 5.38. The second-order valence-electron chi connectivity index (χ2n) is 4.21. The summed E-state index contributed by atoms with van der Waals surface area (Å²) in [5, 5.41) is 10.2. The lowest BCUT2D eigenvalue weighted by Crippen LogP contribution is -2.36. The number of rotatable bonds is 4. The fourth-order valence-corrected chi connectivity index (χ4v) is 3.58. The third-order valence-corrected chi connectivity index (χ3v) is 6.95. The molecule has 0 amide bonds. The predicted molar refractivity (Wildman–Crippen MR) is 72.9 cm³/mol. The lowest BCUT2D eigenvalue weighted by Gasteiger charge is -2.28. The van der Waals surface area contributed by atoms with Crippen molar-refractivity contribution >= 4 is 25.8 Å². The fourth-order valence-electron chi connectivity index (χ4n) is 1.59. The summed E-state index contributed by atoms with van der Waals surface area (Å²) in [5.74, 6) is -0.0162. The van der Waals surface area contributed by atoms with Crippen molar-refractivity contribution in [1.29, 1.82) is 0 Å². The summed E-state index contributed by atoms with van der Waals surface area (Å²) in [6, 6.07) is 7.21. The van der Waals surface area contributed by atoms with Crippen LogP contribution >= 0.6 is 15.9 Å². The number of hydrogen-bond donors (Lipinski definition) is 1. The van der Waals surface area contributed by atoms with Crippen LogP contribution < -0.4 is 0 Å². The van der Waals surface area contributed by atoms with Crippen molar-refractivity contribution in [2.45, 2.75) is 30.5 Å². The van der Waals surface area contributed by atoms with Crippen LogP contribution in [-0.2, 0) is 9.84 Å². The highest BCUT2D eigenvalue weighted by Crippen LogP contribution is 2.38. The summed E-state index contributed by atoms with van der Waals surface area (Å²) in [6.45, 7) is 4.95. The van der Waals surface area contributed by atoms with Crippen LogP contribution in [0.25, 0.3) is 0 Å². The summed E-state index contributed by atoms with van der Waals surface area (Å²) in [7, 11) is -3.39. The first-order chi connectivity index (χ1) is 7.72. The largest absolute Gasteiger partial charge is 0.386 e. The predicted octanol–water partition coefficient (Wildman–Crippen LogP) is 2.57. The second kappa shape index (κ2) is 5.08. The van der Waals surface area contributed by atoms with E-state index in [0.29, 0.717) is 5.56 Å². The van der Waals surface area contributed by atoms with Crippen LogP contribution in [-0.4, -0.2) is 22.9 Å². The smallest absolute Gasteiger partial charge is 0.168 e. The third kappa shape index (κ3) is 2.89. The number of aryl methyl sites for hydroxylation is 1. The zero-order chi connectivity index (χ0) is 13.3. The van der Waals surface area contributed by atoms with Gasteiger partial charge in [-0.15, -0.1) is 0 Å². The fraction of sp³-hybridized carbons (Fsp3) is 0.500. The summed E-state index contributed by atoms with van der Waals surface area (Å²) in [4.78, 5) is 0. The average molecular weight is 321 g/mol. The molecule has 0 aliphatic carbocycles. The Morgan fingerprint density at radius 3 is 2.53 bits per heavy atom. The van der Waals surface area contributed by atoms with Crippen molar-refractivity contribution in [1.82, 2.24) is 0 Å². The lowest BCUT2D eigenvalue weighted by atomic mass is 10.0. The number of aliphatic hydroxyl groups excluding tert-OH is 1. The molecule has 1 N–H and O–H groups in total. The third-order valence-electron chi connectivity index (χ3n) is 2.83. The maximum Gasteiger partial charge on any atom is 0.168 e. The standard InChI is InChI=1S/C12H17BrO3S/c1-4-17(15,16)12(3,13)11(14)10-7-5-6-9(2)8-10/h5-8,11,14H,4H2,1-3H3/t11-,12+/m0/s1. The minimum absolute atomic E-state index is 0.0162. The molecule has 0 aromatic heterocycles. The van der Waals surface area contributed by atoms with Crippen molar-refractivity contribution in [3.8, 4) is 0 Å². The van der Waals surface area contributed by atoms with Gasteiger partial charge in [0.25, 0.3) is 0 Å². The van der Waals surface area contributed by atoms with Crippen LogP contribution in [0.1, 0.15) is 31.1 Å². The molecule has 0 unspecified atom stereocenters. The molecule has 0 heterocycles. The van der Waals surface area contributed by atoms with E-state index in [4.69, 9.17) is 0 Å². The molecule has 0 saturated carbocycles. The van der Waals surface area contributed by atoms with Gasteiger partial charge >= 0.3 is 0 Å². The number of halogens is 1. The molecule has 0 aliphatic rings. The van der Waals surface area contributed by atoms with E-state index in [2.05, 4.69) is 15.9 Å². The highest BCUT2D eigenvalue weighted by Gasteiger charge is 2.42. The van der Waals surface area contributed by atoms with Crippen LogP contribution in [0.2, 0.25) is 0 Å². The molecular formula is C12H17BrO3S. The van der Waals surface area contributed by atoms with E-state index in [1.807, 2.05) is 13.0 Å². The van der Waals surface area contributed by atoms with Gasteiger partial charge in [0, 0.05) is 5.75 Å². The quantitative estimate of drug-likeness (QED) is 0.867. The topological polar surface area (TPSA) is 54.4 Å². The molecule has 0 spiro atoms. The molecular weight excluding hydrogens is 304 g/mol. The van der Waals surface area contributed by atoms with Gasteiger partial charge in [-0.1, -0.05) is 52.7 Å². The molecule has 1 rings (SSSR count). The van der Waals surface area contributed by atoms with Gasteiger partial charge in [0.15, 0.2) is 13.5 Å². The van der Waals surface area contributed by atoms with Gasteiger partial charge in [0.1, 0.15) is 6.10 Å². The Hall–Kier alpha value is -0.390. The highest BCUT2D eigenvalue weighted by molar-refractivity contribution is 9.11. The van der Waals surface area contributed by atoms with Gasteiger partial charge in [-0.2, -0.15) is 0 Å². The van der Waals surface area contributed by atoms with E-state index in [1.54, 1.807) is 25.1 Å². The molecule has 2 atom stereocenters. The van der Waals surface area contributed by atoms with Crippen LogP contribution in [0.3, 0.4) is 0 Å². The van der Waals surface area contributed by atoms with Crippen molar-refractivity contribution in [2.24, 2.45) is 0 Å². The first-order valence-corrected chi connectivity index (χ1v) is 7.82. The van der Waals surface area contributed by atoms with Gasteiger partial charge < -0.3 is 5.11 Å². The van der Waals surface area contributed by atoms with E-state index in [-0.39, 0.29) is 5.75 Å². The summed E-state index contributed by atoms with van der Waals surface area (Å²) in [5.41, 5.74) is 1.58. The summed E-state index contributed by atoms with van der Waals surface area (Å²) in [6.07, 6.45) is -1.09. The van der Waals surface area contributed by atoms with Gasteiger partial charge in [-0.25, -0.2) is 8.42 Å². The van der Waals surface area contributed by atoms with Crippen molar-refractivity contribution < 1.29 is 13.5 Å². The summed E-state index contributed by atoms with van der Waals surface area (Å²) < 4.78 is 22.5. The number of alkyl halides is 1. The Balaban J connectivity index is 3.17. The number of aliphatic hydroxyl groups is 1. The monoisotopic (exact) mass is 320 g/mol. The Bertz CT molecular complexity index is 494. The van der Waals surface area contributed by atoms with E-state index >= 15 is 0 Å². The number of sulfone groups is 1. The van der Waals surface area contributed by atoms with Gasteiger partial charge in [-0.3, -0.25) is 0 Å². The molecule has 1 aromatic carbocycles. The van der Waals surface area contributed by atoms with Crippen molar-refractivity contribution in [2.75, 3.05) is 5.75 Å². The SMILES string of the molecule is CCS(=O)(=O)[C@@](C)(Br)[C@@H](O)c1cccc(C)c1. The Morgan fingerprint density at radius 1 is 1.47 bits per heavy atom. The normalized spacial score (nSPS) is 17.5. The Labute approximate surface area is 111 Å². The van der Waals surface area contributed by atoms with Crippen LogP contribution in [0.5, 0.6) is 0 Å². The molecule has 5 heteroatoms. The zero-order valence-corrected chi connectivity index (χ0v) is 12.5. The Kier molecular flexibility index (Phi) is 4.38. The van der Waals surface area contributed by atoms with Crippen LogP contribution in [0, 0.1) is 6.92 Å². The number of benzene rings is 1. The number of hydrogen-bond acceptors (Lipinski definition) is 3. The molecule has 17 heavy (non-hydrogen) atoms. The molecule has 0 saturated heterocycles. The van der Waals surface area contributed by atoms with E-state index < -0.39 is 19.6 Å². The van der Waals surface area contributed by atoms with Crippen molar-refractivity contribution in [3.05, 3.63) is 35.4 Å². The minimum atomic E-state index is -3.39. The van der Waals surface area contributed by atoms with Crippen molar-refractivity contribution in [3.63, 3.8) is 0 Å². The van der Waals surface area contributed by atoms with E-state index in [0.717, 1.165) is 5.56 Å². The first kappa shape index (κ1) is 14.7. The average Bonchev–Trinajstić information content (AvgIpc) is 2.27. The molecule has 96 valence electrons. The molecule has 0 bridgehead atoms. The Morgan fingerprint density at radius 2 is 2.06 bits per heavy atom. The summed E-state index contributed by atoms with van der Waals surface area (Å²) >= 11 is 3.15. The molecule has 1 aromatic rings. The van der Waals surface area contributed by atoms with E-state index in [9.17, 15) is 13.5 Å². The highest BCUT2D eigenvalue weighted by atomic mass is 79.9. The van der Waals surface area contributed by atoms with Crippen LogP contribution in [0.15, 0.2) is 24.3 Å². The van der Waals surface area contributed by atoms with Crippen LogP contribution in [0.4, 0.5) is 0 Å². The maximum absolute atomic E-state index is 11.9. The molecule has 0 fully saturated rings. The molecule has 3 nitrogen and oxygen atoms in total. The molecule has 0 radical (unpaired) electrons. The van der Waals surface area contributed by atoms with Gasteiger partial charge in [0.2, 0.25) is 0 Å².